The van der Waals surface area contributed by atoms with E-state index in [-0.39, 0.29) is 11.8 Å². The normalized spacial score (nSPS) is 18.0. The number of ether oxygens (including phenoxy) is 2. The quantitative estimate of drug-likeness (QED) is 0.918. The van der Waals surface area contributed by atoms with Crippen molar-refractivity contribution in [2.45, 2.75) is 19.3 Å². The summed E-state index contributed by atoms with van der Waals surface area (Å²) in [4.78, 5) is 23.4. The summed E-state index contributed by atoms with van der Waals surface area (Å²) < 4.78 is 11.0. The van der Waals surface area contributed by atoms with Crippen molar-refractivity contribution in [3.63, 3.8) is 0 Å². The van der Waals surface area contributed by atoms with Gasteiger partial charge in [0.25, 0.3) is 0 Å². The molecule has 4 rings (SSSR count). The lowest BCUT2D eigenvalue weighted by Gasteiger charge is -2.23. The van der Waals surface area contributed by atoms with Gasteiger partial charge in [0.2, 0.25) is 5.91 Å². The Morgan fingerprint density at radius 1 is 1.28 bits per heavy atom. The number of hydrogen-bond acceptors (Lipinski definition) is 6. The minimum atomic E-state index is 0.0217. The molecule has 2 aromatic rings. The van der Waals surface area contributed by atoms with Crippen LogP contribution in [0.15, 0.2) is 18.3 Å². The zero-order valence-electron chi connectivity index (χ0n) is 14.3. The number of aromatic nitrogens is 2. The second-order valence-electron chi connectivity index (χ2n) is 6.46. The Hall–Kier alpha value is -2.41. The molecule has 1 saturated carbocycles. The van der Waals surface area contributed by atoms with E-state index < -0.39 is 0 Å². The molecule has 1 saturated heterocycles. The maximum atomic E-state index is 12.0. The molecule has 0 unspecified atom stereocenters. The molecule has 1 N–H and O–H groups in total. The Kier molecular flexibility index (Phi) is 4.40. The lowest BCUT2D eigenvalue weighted by Crippen LogP contribution is -2.26. The number of rotatable bonds is 4. The molecule has 1 aromatic heterocycles. The lowest BCUT2D eigenvalue weighted by atomic mass is 10.2. The Balaban J connectivity index is 1.71. The third-order valence-corrected chi connectivity index (χ3v) is 4.62. The van der Waals surface area contributed by atoms with Crippen molar-refractivity contribution in [1.82, 2.24) is 9.97 Å². The summed E-state index contributed by atoms with van der Waals surface area (Å²) in [5.74, 6) is 1.27. The number of nitrogens with one attached hydrogen (secondary N) is 1. The van der Waals surface area contributed by atoms with Crippen molar-refractivity contribution < 1.29 is 14.3 Å². The van der Waals surface area contributed by atoms with Crippen LogP contribution in [-0.4, -0.2) is 49.3 Å². The van der Waals surface area contributed by atoms with Crippen molar-refractivity contribution in [1.29, 1.82) is 0 Å². The molecular formula is C18H22N4O3. The van der Waals surface area contributed by atoms with Crippen molar-refractivity contribution in [2.24, 2.45) is 5.92 Å². The number of carbonyl (C=O) groups excluding carboxylic acids is 1. The van der Waals surface area contributed by atoms with Crippen molar-refractivity contribution in [3.8, 4) is 5.75 Å². The zero-order valence-corrected chi connectivity index (χ0v) is 14.3. The second kappa shape index (κ2) is 6.84. The molecule has 0 atom stereocenters. The highest BCUT2D eigenvalue weighted by molar-refractivity contribution is 5.96. The van der Waals surface area contributed by atoms with Crippen LogP contribution in [0, 0.1) is 5.92 Å². The first-order valence-electron chi connectivity index (χ1n) is 8.73. The Labute approximate surface area is 146 Å². The Bertz CT molecular complexity index is 783. The van der Waals surface area contributed by atoms with Gasteiger partial charge in [0.1, 0.15) is 16.8 Å². The summed E-state index contributed by atoms with van der Waals surface area (Å²) in [7, 11) is 1.62. The molecule has 132 valence electrons. The summed E-state index contributed by atoms with van der Waals surface area (Å²) in [6, 6.07) is 3.92. The van der Waals surface area contributed by atoms with Crippen LogP contribution >= 0.6 is 0 Å². The van der Waals surface area contributed by atoms with Crippen LogP contribution in [0.25, 0.3) is 11.0 Å². The van der Waals surface area contributed by atoms with E-state index in [9.17, 15) is 4.79 Å². The van der Waals surface area contributed by atoms with Gasteiger partial charge in [0.15, 0.2) is 5.82 Å². The highest BCUT2D eigenvalue weighted by Gasteiger charge is 2.30. The summed E-state index contributed by atoms with van der Waals surface area (Å²) in [6.45, 7) is 3.23. The van der Waals surface area contributed by atoms with Gasteiger partial charge in [0, 0.05) is 25.6 Å². The van der Waals surface area contributed by atoms with Gasteiger partial charge in [-0.05, 0) is 31.4 Å². The summed E-state index contributed by atoms with van der Waals surface area (Å²) in [5, 5.41) is 2.85. The molecule has 2 fully saturated rings. The molecule has 0 radical (unpaired) electrons. The van der Waals surface area contributed by atoms with Crippen LogP contribution in [0.3, 0.4) is 0 Å². The molecule has 1 amide bonds. The fraction of sp³-hybridized carbons (Fsp3) is 0.500. The Morgan fingerprint density at radius 3 is 2.96 bits per heavy atom. The van der Waals surface area contributed by atoms with E-state index in [0.29, 0.717) is 23.7 Å². The van der Waals surface area contributed by atoms with Crippen LogP contribution < -0.4 is 15.0 Å². The fourth-order valence-electron chi connectivity index (χ4n) is 3.10. The largest absolute Gasteiger partial charge is 0.494 e. The van der Waals surface area contributed by atoms with Crippen LogP contribution in [0.1, 0.15) is 19.3 Å². The van der Waals surface area contributed by atoms with Gasteiger partial charge in [-0.1, -0.05) is 0 Å². The molecule has 0 bridgehead atoms. The third-order valence-electron chi connectivity index (χ3n) is 4.62. The van der Waals surface area contributed by atoms with Crippen LogP contribution in [-0.2, 0) is 9.53 Å². The standard InChI is InChI=1S/C18H22N4O3/c1-24-14-6-5-13(22-7-2-9-25-10-8-22)16-17(14)20-15(11-19-16)21-18(23)12-3-4-12/h5-6,11-12H,2-4,7-10H2,1H3,(H,20,21,23). The highest BCUT2D eigenvalue weighted by Crippen LogP contribution is 2.33. The molecule has 2 heterocycles. The van der Waals surface area contributed by atoms with Crippen molar-refractivity contribution in [3.05, 3.63) is 18.3 Å². The van der Waals surface area contributed by atoms with E-state index in [4.69, 9.17) is 9.47 Å². The van der Waals surface area contributed by atoms with Crippen LogP contribution in [0.5, 0.6) is 5.75 Å². The molecule has 7 nitrogen and oxygen atoms in total. The van der Waals surface area contributed by atoms with Crippen LogP contribution in [0.2, 0.25) is 0 Å². The zero-order chi connectivity index (χ0) is 17.2. The third kappa shape index (κ3) is 3.37. The van der Waals surface area contributed by atoms with Crippen molar-refractivity contribution >= 4 is 28.4 Å². The maximum Gasteiger partial charge on any atom is 0.228 e. The number of amides is 1. The first-order chi connectivity index (χ1) is 12.3. The number of hydrogen-bond donors (Lipinski definition) is 1. The topological polar surface area (TPSA) is 76.6 Å². The van der Waals surface area contributed by atoms with Gasteiger partial charge in [-0.2, -0.15) is 0 Å². The van der Waals surface area contributed by atoms with Gasteiger partial charge < -0.3 is 19.7 Å². The maximum absolute atomic E-state index is 12.0. The average molecular weight is 342 g/mol. The highest BCUT2D eigenvalue weighted by atomic mass is 16.5. The summed E-state index contributed by atoms with van der Waals surface area (Å²) in [5.41, 5.74) is 2.47. The number of benzene rings is 1. The molecule has 7 heteroatoms. The molecule has 2 aliphatic rings. The Morgan fingerprint density at radius 2 is 2.16 bits per heavy atom. The van der Waals surface area contributed by atoms with Crippen LogP contribution in [0.4, 0.5) is 11.5 Å². The monoisotopic (exact) mass is 342 g/mol. The smallest absolute Gasteiger partial charge is 0.228 e. The van der Waals surface area contributed by atoms with Gasteiger partial charge in [-0.3, -0.25) is 4.79 Å². The molecule has 25 heavy (non-hydrogen) atoms. The molecule has 1 aliphatic heterocycles. The number of methoxy groups -OCH3 is 1. The van der Waals surface area contributed by atoms with Gasteiger partial charge >= 0.3 is 0 Å². The minimum absolute atomic E-state index is 0.0217. The lowest BCUT2D eigenvalue weighted by molar-refractivity contribution is -0.117. The first-order valence-corrected chi connectivity index (χ1v) is 8.73. The molecule has 1 aliphatic carbocycles. The fourth-order valence-corrected chi connectivity index (χ4v) is 3.10. The van der Waals surface area contributed by atoms with Gasteiger partial charge in [0.05, 0.1) is 25.6 Å². The van der Waals surface area contributed by atoms with E-state index in [1.165, 1.54) is 0 Å². The van der Waals surface area contributed by atoms with Crippen molar-refractivity contribution in [2.75, 3.05) is 43.6 Å². The van der Waals surface area contributed by atoms with E-state index in [1.54, 1.807) is 13.3 Å². The summed E-state index contributed by atoms with van der Waals surface area (Å²) >= 11 is 0. The molecule has 1 aromatic carbocycles. The van der Waals surface area contributed by atoms with E-state index in [1.807, 2.05) is 12.1 Å². The SMILES string of the molecule is COc1ccc(N2CCCOCC2)c2ncc(NC(=O)C3CC3)nc12. The predicted molar refractivity (Wildman–Crippen MR) is 95.1 cm³/mol. The number of fused-ring (bicyclic) bond motifs is 1. The number of anilines is 2. The average Bonchev–Trinajstić information content (AvgIpc) is 3.47. The van der Waals surface area contributed by atoms with E-state index in [2.05, 4.69) is 20.2 Å². The number of carbonyl (C=O) groups is 1. The first kappa shape index (κ1) is 16.1. The molecule has 0 spiro atoms. The number of nitrogens with zero attached hydrogens (tertiary/aromatic N) is 3. The van der Waals surface area contributed by atoms with E-state index >= 15 is 0 Å². The molecular weight excluding hydrogens is 320 g/mol. The second-order valence-corrected chi connectivity index (χ2v) is 6.46. The van der Waals surface area contributed by atoms with Gasteiger partial charge in [-0.25, -0.2) is 9.97 Å². The van der Waals surface area contributed by atoms with E-state index in [0.717, 1.165) is 50.2 Å². The summed E-state index contributed by atoms with van der Waals surface area (Å²) in [6.07, 6.45) is 4.52. The van der Waals surface area contributed by atoms with Gasteiger partial charge in [-0.15, -0.1) is 0 Å². The minimum Gasteiger partial charge on any atom is -0.494 e. The predicted octanol–water partition coefficient (Wildman–Crippen LogP) is 2.21.